The lowest BCUT2D eigenvalue weighted by Gasteiger charge is -2.33. The Bertz CT molecular complexity index is 540. The predicted molar refractivity (Wildman–Crippen MR) is 93.2 cm³/mol. The summed E-state index contributed by atoms with van der Waals surface area (Å²) in [5, 5.41) is 5.77. The van der Waals surface area contributed by atoms with Gasteiger partial charge in [0.15, 0.2) is 0 Å². The Labute approximate surface area is 143 Å². The molecular formula is C17H27N5O2. The Morgan fingerprint density at radius 1 is 1.33 bits per heavy atom. The Morgan fingerprint density at radius 2 is 2.17 bits per heavy atom. The van der Waals surface area contributed by atoms with Crippen LogP contribution in [0.25, 0.3) is 0 Å². The number of nitrogens with zero attached hydrogens (tertiary/aromatic N) is 3. The third kappa shape index (κ3) is 4.82. The molecule has 1 aromatic rings. The molecule has 2 fully saturated rings. The molecule has 24 heavy (non-hydrogen) atoms. The van der Waals surface area contributed by atoms with Crippen LogP contribution in [-0.4, -0.2) is 68.4 Å². The Kier molecular flexibility index (Phi) is 5.87. The van der Waals surface area contributed by atoms with E-state index >= 15 is 0 Å². The van der Waals surface area contributed by atoms with Gasteiger partial charge in [-0.1, -0.05) is 0 Å². The van der Waals surface area contributed by atoms with Crippen molar-refractivity contribution in [3.63, 3.8) is 0 Å². The summed E-state index contributed by atoms with van der Waals surface area (Å²) >= 11 is 0. The highest BCUT2D eigenvalue weighted by atomic mass is 16.5. The van der Waals surface area contributed by atoms with Gasteiger partial charge in [0.05, 0.1) is 6.10 Å². The number of hydrogen-bond acceptors (Lipinski definition) is 5. The third-order valence-corrected chi connectivity index (χ3v) is 4.60. The van der Waals surface area contributed by atoms with Crippen molar-refractivity contribution in [1.82, 2.24) is 20.5 Å². The molecular weight excluding hydrogens is 306 g/mol. The lowest BCUT2D eigenvalue weighted by atomic mass is 10.2. The van der Waals surface area contributed by atoms with E-state index in [4.69, 9.17) is 4.74 Å². The largest absolute Gasteiger partial charge is 0.376 e. The van der Waals surface area contributed by atoms with Gasteiger partial charge in [-0.3, -0.25) is 0 Å². The van der Waals surface area contributed by atoms with Crippen molar-refractivity contribution in [2.45, 2.75) is 25.5 Å². The fourth-order valence-electron chi connectivity index (χ4n) is 3.04. The van der Waals surface area contributed by atoms with Gasteiger partial charge in [0, 0.05) is 52.1 Å². The van der Waals surface area contributed by atoms with E-state index in [2.05, 4.69) is 38.5 Å². The van der Waals surface area contributed by atoms with Crippen LogP contribution in [0.15, 0.2) is 18.3 Å². The minimum absolute atomic E-state index is 0.150. The average molecular weight is 333 g/mol. The van der Waals surface area contributed by atoms with Crippen molar-refractivity contribution in [1.29, 1.82) is 0 Å². The topological polar surface area (TPSA) is 69.7 Å². The number of urea groups is 1. The summed E-state index contributed by atoms with van der Waals surface area (Å²) in [4.78, 5) is 21.0. The average Bonchev–Trinajstić information content (AvgIpc) is 3.13. The minimum atomic E-state index is -0.150. The number of ether oxygens (including phenoxy) is 1. The second-order valence-electron chi connectivity index (χ2n) is 6.51. The van der Waals surface area contributed by atoms with Crippen LogP contribution < -0.4 is 15.5 Å². The number of carbonyl (C=O) groups is 1. The van der Waals surface area contributed by atoms with Crippen LogP contribution in [0.3, 0.4) is 0 Å². The Balaban J connectivity index is 1.44. The number of likely N-dealkylation sites (N-methyl/N-ethyl adjacent to an activating group) is 1. The summed E-state index contributed by atoms with van der Waals surface area (Å²) in [6, 6.07) is 3.86. The zero-order valence-electron chi connectivity index (χ0n) is 14.3. The standard InChI is InChI=1S/C17H27N5O2/c1-21-6-8-22(9-7-21)16-11-14(4-5-18-16)12-19-17(23)20-13-15-3-2-10-24-15/h4-5,11,15H,2-3,6-10,12-13H2,1H3,(H2,19,20,23)/t15-/m1/s1. The molecule has 2 amide bonds. The molecule has 3 heterocycles. The van der Waals surface area contributed by atoms with Crippen LogP contribution in [0.2, 0.25) is 0 Å². The third-order valence-electron chi connectivity index (χ3n) is 4.60. The van der Waals surface area contributed by atoms with Crippen LogP contribution in [-0.2, 0) is 11.3 Å². The van der Waals surface area contributed by atoms with Gasteiger partial charge < -0.3 is 25.2 Å². The monoisotopic (exact) mass is 333 g/mol. The highest BCUT2D eigenvalue weighted by Gasteiger charge is 2.17. The van der Waals surface area contributed by atoms with Crippen molar-refractivity contribution < 1.29 is 9.53 Å². The molecule has 132 valence electrons. The molecule has 7 heteroatoms. The molecule has 7 nitrogen and oxygen atoms in total. The molecule has 3 rings (SSSR count). The first kappa shape index (κ1) is 17.0. The summed E-state index contributed by atoms with van der Waals surface area (Å²) in [6.45, 7) is 5.96. The van der Waals surface area contributed by atoms with Gasteiger partial charge in [-0.15, -0.1) is 0 Å². The van der Waals surface area contributed by atoms with Crippen LogP contribution in [0.1, 0.15) is 18.4 Å². The number of aromatic nitrogens is 1. The molecule has 2 saturated heterocycles. The second-order valence-corrected chi connectivity index (χ2v) is 6.51. The molecule has 0 spiro atoms. The molecule has 0 bridgehead atoms. The maximum atomic E-state index is 11.9. The lowest BCUT2D eigenvalue weighted by Crippen LogP contribution is -2.44. The van der Waals surface area contributed by atoms with Crippen LogP contribution in [0.4, 0.5) is 10.6 Å². The van der Waals surface area contributed by atoms with Crippen molar-refractivity contribution in [2.75, 3.05) is 51.3 Å². The van der Waals surface area contributed by atoms with E-state index in [1.54, 1.807) is 0 Å². The molecule has 0 saturated carbocycles. The summed E-state index contributed by atoms with van der Waals surface area (Å²) < 4.78 is 5.50. The zero-order valence-corrected chi connectivity index (χ0v) is 14.3. The van der Waals surface area contributed by atoms with E-state index in [-0.39, 0.29) is 12.1 Å². The van der Waals surface area contributed by atoms with Crippen molar-refractivity contribution in [3.8, 4) is 0 Å². The van der Waals surface area contributed by atoms with E-state index < -0.39 is 0 Å². The first-order chi connectivity index (χ1) is 11.7. The van der Waals surface area contributed by atoms with E-state index in [1.807, 2.05) is 12.3 Å². The quantitative estimate of drug-likeness (QED) is 0.835. The molecule has 1 atom stereocenters. The molecule has 0 unspecified atom stereocenters. The van der Waals surface area contributed by atoms with Gasteiger partial charge in [0.25, 0.3) is 0 Å². The van der Waals surface area contributed by atoms with E-state index in [0.29, 0.717) is 13.1 Å². The second kappa shape index (κ2) is 8.30. The van der Waals surface area contributed by atoms with Gasteiger partial charge in [-0.25, -0.2) is 9.78 Å². The molecule has 2 N–H and O–H groups in total. The van der Waals surface area contributed by atoms with Crippen LogP contribution >= 0.6 is 0 Å². The molecule has 1 aromatic heterocycles. The summed E-state index contributed by atoms with van der Waals surface area (Å²) in [6.07, 6.45) is 4.09. The van der Waals surface area contributed by atoms with E-state index in [1.165, 1.54) is 0 Å². The van der Waals surface area contributed by atoms with Crippen LogP contribution in [0, 0.1) is 0 Å². The summed E-state index contributed by atoms with van der Waals surface area (Å²) in [7, 11) is 2.14. The van der Waals surface area contributed by atoms with Crippen molar-refractivity contribution in [3.05, 3.63) is 23.9 Å². The fourth-order valence-corrected chi connectivity index (χ4v) is 3.04. The lowest BCUT2D eigenvalue weighted by molar-refractivity contribution is 0.111. The summed E-state index contributed by atoms with van der Waals surface area (Å²) in [5.74, 6) is 0.988. The normalized spacial score (nSPS) is 21.7. The van der Waals surface area contributed by atoms with E-state index in [0.717, 1.165) is 57.0 Å². The minimum Gasteiger partial charge on any atom is -0.376 e. The Hall–Kier alpha value is -1.86. The zero-order chi connectivity index (χ0) is 16.8. The number of rotatable bonds is 5. The number of pyridine rings is 1. The smallest absolute Gasteiger partial charge is 0.315 e. The van der Waals surface area contributed by atoms with Gasteiger partial charge in [-0.05, 0) is 37.6 Å². The molecule has 0 radical (unpaired) electrons. The first-order valence-corrected chi connectivity index (χ1v) is 8.72. The maximum absolute atomic E-state index is 11.9. The van der Waals surface area contributed by atoms with Crippen molar-refractivity contribution in [2.24, 2.45) is 0 Å². The number of nitrogens with one attached hydrogen (secondary N) is 2. The fraction of sp³-hybridized carbons (Fsp3) is 0.647. The maximum Gasteiger partial charge on any atom is 0.315 e. The molecule has 2 aliphatic rings. The number of carbonyl (C=O) groups excluding carboxylic acids is 1. The summed E-state index contributed by atoms with van der Waals surface area (Å²) in [5.41, 5.74) is 1.06. The molecule has 0 aromatic carbocycles. The van der Waals surface area contributed by atoms with E-state index in [9.17, 15) is 4.79 Å². The number of hydrogen-bond donors (Lipinski definition) is 2. The molecule has 2 aliphatic heterocycles. The predicted octanol–water partition coefficient (Wildman–Crippen LogP) is 0.812. The Morgan fingerprint density at radius 3 is 2.92 bits per heavy atom. The van der Waals surface area contributed by atoms with Crippen LogP contribution in [0.5, 0.6) is 0 Å². The van der Waals surface area contributed by atoms with Gasteiger partial charge >= 0.3 is 6.03 Å². The SMILES string of the molecule is CN1CCN(c2cc(CNC(=O)NC[C@H]3CCCO3)ccn2)CC1. The first-order valence-electron chi connectivity index (χ1n) is 8.72. The van der Waals surface area contributed by atoms with Gasteiger partial charge in [0.1, 0.15) is 5.82 Å². The number of anilines is 1. The van der Waals surface area contributed by atoms with Crippen molar-refractivity contribution >= 4 is 11.8 Å². The van der Waals surface area contributed by atoms with Gasteiger partial charge in [0.2, 0.25) is 0 Å². The molecule has 0 aliphatic carbocycles. The number of piperazine rings is 1. The highest BCUT2D eigenvalue weighted by Crippen LogP contribution is 2.14. The highest BCUT2D eigenvalue weighted by molar-refractivity contribution is 5.73. The van der Waals surface area contributed by atoms with Gasteiger partial charge in [-0.2, -0.15) is 0 Å². The number of amides is 2.